The summed E-state index contributed by atoms with van der Waals surface area (Å²) in [5.74, 6) is -1.40. The second-order valence-corrected chi connectivity index (χ2v) is 8.74. The van der Waals surface area contributed by atoms with Gasteiger partial charge in [0.15, 0.2) is 12.4 Å². The lowest BCUT2D eigenvalue weighted by atomic mass is 10.1. The zero-order valence-corrected chi connectivity index (χ0v) is 19.2. The summed E-state index contributed by atoms with van der Waals surface area (Å²) in [4.78, 5) is 37.8. The number of aromatic nitrogens is 1. The number of nitro benzene ring substituents is 1. The second kappa shape index (κ2) is 9.92. The van der Waals surface area contributed by atoms with E-state index in [9.17, 15) is 28.1 Å². The minimum absolute atomic E-state index is 0.117. The number of benzene rings is 1. The molecule has 0 saturated carbocycles. The molecular formula is C20H25N3O8S. The van der Waals surface area contributed by atoms with Crippen LogP contribution in [0.4, 0.5) is 5.69 Å². The largest absolute Gasteiger partial charge is 0.478 e. The van der Waals surface area contributed by atoms with E-state index in [4.69, 9.17) is 9.47 Å². The molecule has 1 N–H and O–H groups in total. The third-order valence-electron chi connectivity index (χ3n) is 4.93. The highest BCUT2D eigenvalue weighted by Gasteiger charge is 2.27. The molecule has 0 aliphatic heterocycles. The van der Waals surface area contributed by atoms with E-state index in [0.29, 0.717) is 11.3 Å². The van der Waals surface area contributed by atoms with E-state index in [1.807, 2.05) is 0 Å². The van der Waals surface area contributed by atoms with Crippen molar-refractivity contribution in [1.82, 2.24) is 9.29 Å². The fourth-order valence-electron chi connectivity index (χ4n) is 3.29. The molecule has 2 aromatic rings. The Morgan fingerprint density at radius 3 is 2.34 bits per heavy atom. The zero-order chi connectivity index (χ0) is 24.2. The first-order chi connectivity index (χ1) is 15.0. The summed E-state index contributed by atoms with van der Waals surface area (Å²) in [6.07, 6.45) is 0. The molecule has 1 aromatic heterocycles. The molecule has 1 aromatic carbocycles. The summed E-state index contributed by atoms with van der Waals surface area (Å²) >= 11 is 0. The van der Waals surface area contributed by atoms with E-state index in [1.54, 1.807) is 27.7 Å². The Bertz CT molecular complexity index is 1150. The highest BCUT2D eigenvalue weighted by atomic mass is 32.2. The van der Waals surface area contributed by atoms with Gasteiger partial charge in [-0.15, -0.1) is 0 Å². The summed E-state index contributed by atoms with van der Waals surface area (Å²) in [6.45, 7) is 6.35. The van der Waals surface area contributed by atoms with Gasteiger partial charge in [-0.05, 0) is 31.5 Å². The van der Waals surface area contributed by atoms with Crippen LogP contribution in [0.3, 0.4) is 0 Å². The molecule has 2 rings (SSSR count). The Labute approximate surface area is 185 Å². The molecule has 32 heavy (non-hydrogen) atoms. The Morgan fingerprint density at radius 1 is 1.19 bits per heavy atom. The molecule has 0 bridgehead atoms. The van der Waals surface area contributed by atoms with Gasteiger partial charge in [-0.2, -0.15) is 4.31 Å². The van der Waals surface area contributed by atoms with Crippen molar-refractivity contribution >= 4 is 27.5 Å². The summed E-state index contributed by atoms with van der Waals surface area (Å²) in [7, 11) is -2.68. The number of hydrogen-bond acceptors (Lipinski definition) is 8. The number of hydrogen-bond donors (Lipinski definition) is 1. The number of H-pyrrole nitrogens is 1. The van der Waals surface area contributed by atoms with Crippen LogP contribution in [0, 0.1) is 24.0 Å². The van der Waals surface area contributed by atoms with E-state index in [-0.39, 0.29) is 35.0 Å². The van der Waals surface area contributed by atoms with Gasteiger partial charge in [0.05, 0.1) is 28.2 Å². The third-order valence-corrected chi connectivity index (χ3v) is 6.98. The maximum atomic E-state index is 12.6. The van der Waals surface area contributed by atoms with Crippen LogP contribution in [0.15, 0.2) is 23.1 Å². The molecule has 0 unspecified atom stereocenters. The van der Waals surface area contributed by atoms with Crippen molar-refractivity contribution in [3.63, 3.8) is 0 Å². The number of sulfonamides is 1. The van der Waals surface area contributed by atoms with Crippen LogP contribution in [0.5, 0.6) is 5.75 Å². The summed E-state index contributed by atoms with van der Waals surface area (Å²) < 4.78 is 36.5. The number of ketones is 1. The topological polar surface area (TPSA) is 149 Å². The van der Waals surface area contributed by atoms with Crippen molar-refractivity contribution in [1.29, 1.82) is 0 Å². The lowest BCUT2D eigenvalue weighted by molar-refractivity contribution is -0.386. The van der Waals surface area contributed by atoms with Crippen molar-refractivity contribution in [2.24, 2.45) is 0 Å². The normalized spacial score (nSPS) is 11.4. The standard InChI is InChI=1S/C20H25N3O8S/c1-6-22(7-2)32(28,29)14-8-9-17(15(10-14)23(26)27)31-11-16(24)19-12(3)18(13(4)21-19)20(25)30-5/h8-10,21H,6-7,11H2,1-5H3. The highest BCUT2D eigenvalue weighted by molar-refractivity contribution is 7.89. The maximum absolute atomic E-state index is 12.6. The number of carbonyl (C=O) groups excluding carboxylic acids is 2. The molecule has 174 valence electrons. The van der Waals surface area contributed by atoms with Gasteiger partial charge in [-0.3, -0.25) is 14.9 Å². The van der Waals surface area contributed by atoms with Crippen molar-refractivity contribution in [3.05, 3.63) is 50.8 Å². The minimum atomic E-state index is -3.91. The minimum Gasteiger partial charge on any atom is -0.478 e. The molecule has 0 radical (unpaired) electrons. The van der Waals surface area contributed by atoms with E-state index in [2.05, 4.69) is 4.98 Å². The summed E-state index contributed by atoms with van der Waals surface area (Å²) in [6, 6.07) is 3.25. The number of ether oxygens (including phenoxy) is 2. The lowest BCUT2D eigenvalue weighted by Crippen LogP contribution is -2.30. The third kappa shape index (κ3) is 4.81. The summed E-state index contributed by atoms with van der Waals surface area (Å²) in [5, 5.41) is 11.5. The molecule has 0 saturated heterocycles. The second-order valence-electron chi connectivity index (χ2n) is 6.80. The Morgan fingerprint density at radius 2 is 1.81 bits per heavy atom. The molecule has 12 heteroatoms. The molecule has 0 spiro atoms. The van der Waals surface area contributed by atoms with Gasteiger partial charge in [-0.25, -0.2) is 13.2 Å². The van der Waals surface area contributed by atoms with E-state index in [0.717, 1.165) is 12.1 Å². The molecule has 0 aliphatic carbocycles. The van der Waals surface area contributed by atoms with Crippen LogP contribution in [0.25, 0.3) is 0 Å². The fraction of sp³-hybridized carbons (Fsp3) is 0.400. The van der Waals surface area contributed by atoms with Crippen molar-refractivity contribution in [2.75, 3.05) is 26.8 Å². The maximum Gasteiger partial charge on any atom is 0.339 e. The summed E-state index contributed by atoms with van der Waals surface area (Å²) in [5.41, 5.74) is 0.576. The van der Waals surface area contributed by atoms with Gasteiger partial charge in [0.1, 0.15) is 0 Å². The van der Waals surface area contributed by atoms with Crippen molar-refractivity contribution in [3.8, 4) is 5.75 Å². The van der Waals surface area contributed by atoms with Gasteiger partial charge in [-0.1, -0.05) is 13.8 Å². The smallest absolute Gasteiger partial charge is 0.339 e. The quantitative estimate of drug-likeness (QED) is 0.242. The molecular weight excluding hydrogens is 442 g/mol. The number of carbonyl (C=O) groups is 2. The first-order valence-electron chi connectivity index (χ1n) is 9.71. The molecule has 11 nitrogen and oxygen atoms in total. The average Bonchev–Trinajstić information content (AvgIpc) is 3.05. The zero-order valence-electron chi connectivity index (χ0n) is 18.4. The molecule has 0 atom stereocenters. The average molecular weight is 468 g/mol. The number of Topliss-reactive ketones (excluding diaryl/α,β-unsaturated/α-hetero) is 1. The Hall–Kier alpha value is -3.25. The SMILES string of the molecule is CCN(CC)S(=O)(=O)c1ccc(OCC(=O)c2[nH]c(C)c(C(=O)OC)c2C)c([N+](=O)[O-])c1. The van der Waals surface area contributed by atoms with Gasteiger partial charge < -0.3 is 14.5 Å². The van der Waals surface area contributed by atoms with Crippen LogP contribution >= 0.6 is 0 Å². The predicted molar refractivity (Wildman–Crippen MR) is 115 cm³/mol. The Kier molecular flexibility index (Phi) is 7.75. The van der Waals surface area contributed by atoms with Crippen LogP contribution in [0.1, 0.15) is 46.0 Å². The monoisotopic (exact) mass is 467 g/mol. The molecule has 0 amide bonds. The highest BCUT2D eigenvalue weighted by Crippen LogP contribution is 2.31. The molecule has 0 fully saturated rings. The Balaban J connectivity index is 2.32. The number of methoxy groups -OCH3 is 1. The van der Waals surface area contributed by atoms with E-state index in [1.165, 1.54) is 17.5 Å². The number of aryl methyl sites for hydroxylation is 1. The van der Waals surface area contributed by atoms with Gasteiger partial charge in [0.25, 0.3) is 0 Å². The van der Waals surface area contributed by atoms with Crippen molar-refractivity contribution in [2.45, 2.75) is 32.6 Å². The lowest BCUT2D eigenvalue weighted by Gasteiger charge is -2.18. The van der Waals surface area contributed by atoms with Crippen LogP contribution < -0.4 is 4.74 Å². The molecule has 0 aliphatic rings. The first kappa shape index (κ1) is 25.0. The van der Waals surface area contributed by atoms with Crippen LogP contribution in [-0.2, 0) is 14.8 Å². The number of rotatable bonds is 10. The van der Waals surface area contributed by atoms with Gasteiger partial charge in [0.2, 0.25) is 15.8 Å². The number of aromatic amines is 1. The van der Waals surface area contributed by atoms with Gasteiger partial charge >= 0.3 is 11.7 Å². The number of nitro groups is 1. The van der Waals surface area contributed by atoms with Crippen LogP contribution in [0.2, 0.25) is 0 Å². The fourth-order valence-corrected chi connectivity index (χ4v) is 4.77. The first-order valence-corrected chi connectivity index (χ1v) is 11.2. The number of nitrogens with one attached hydrogen (secondary N) is 1. The van der Waals surface area contributed by atoms with E-state index < -0.39 is 39.0 Å². The number of esters is 1. The van der Waals surface area contributed by atoms with Crippen molar-refractivity contribution < 1.29 is 32.4 Å². The molecule has 1 heterocycles. The van der Waals surface area contributed by atoms with Gasteiger partial charge in [0, 0.05) is 24.8 Å². The van der Waals surface area contributed by atoms with E-state index >= 15 is 0 Å². The predicted octanol–water partition coefficient (Wildman–Crippen LogP) is 2.62. The number of nitrogens with zero attached hydrogens (tertiary/aromatic N) is 2. The van der Waals surface area contributed by atoms with Crippen LogP contribution in [-0.4, -0.2) is 61.2 Å².